The second kappa shape index (κ2) is 4.81. The van der Waals surface area contributed by atoms with Crippen LogP contribution in [0.4, 0.5) is 0 Å². The Morgan fingerprint density at radius 1 is 1.33 bits per heavy atom. The molecule has 0 aromatic heterocycles. The van der Waals surface area contributed by atoms with Crippen molar-refractivity contribution in [3.63, 3.8) is 0 Å². The third-order valence-electron chi connectivity index (χ3n) is 1.87. The molecule has 0 unspecified atom stereocenters. The summed E-state index contributed by atoms with van der Waals surface area (Å²) in [5.41, 5.74) is 1.36. The lowest BCUT2D eigenvalue weighted by Crippen LogP contribution is -2.00. The van der Waals surface area contributed by atoms with Crippen LogP contribution in [0.25, 0.3) is 0 Å². The fraction of sp³-hybridized carbons (Fsp3) is 0.455. The molecule has 66 valence electrons. The van der Waals surface area contributed by atoms with Gasteiger partial charge >= 0.3 is 0 Å². The summed E-state index contributed by atoms with van der Waals surface area (Å²) in [5, 5.41) is 0. The Morgan fingerprint density at radius 3 is 2.92 bits per heavy atom. The normalized spacial score (nSPS) is 19.2. The van der Waals surface area contributed by atoms with Crippen LogP contribution in [0.1, 0.15) is 33.1 Å². The van der Waals surface area contributed by atoms with Crippen molar-refractivity contribution < 1.29 is 4.74 Å². The molecule has 2 aliphatic rings. The molecule has 0 aromatic rings. The van der Waals surface area contributed by atoms with Gasteiger partial charge in [0.25, 0.3) is 0 Å². The monoisotopic (exact) mass is 164 g/mol. The van der Waals surface area contributed by atoms with Gasteiger partial charge in [-0.2, -0.15) is 0 Å². The Labute approximate surface area is 74.4 Å². The molecular weight excluding hydrogens is 148 g/mol. The summed E-state index contributed by atoms with van der Waals surface area (Å²) >= 11 is 0. The smallest absolute Gasteiger partial charge is 0.125 e. The van der Waals surface area contributed by atoms with Gasteiger partial charge in [0, 0.05) is 0 Å². The van der Waals surface area contributed by atoms with Gasteiger partial charge in [-0.05, 0) is 37.0 Å². The lowest BCUT2D eigenvalue weighted by atomic mass is 9.99. The zero-order chi connectivity index (χ0) is 8.81. The number of allylic oxidation sites excluding steroid dienone is 4. The summed E-state index contributed by atoms with van der Waals surface area (Å²) in [6, 6.07) is 0. The third kappa shape index (κ3) is 2.00. The minimum Gasteiger partial charge on any atom is -0.465 e. The molecule has 1 aliphatic heterocycles. The van der Waals surface area contributed by atoms with Crippen LogP contribution in [0, 0.1) is 0 Å². The van der Waals surface area contributed by atoms with E-state index >= 15 is 0 Å². The first-order valence-corrected chi connectivity index (χ1v) is 4.70. The maximum absolute atomic E-state index is 5.29. The zero-order valence-electron chi connectivity index (χ0n) is 7.84. The highest BCUT2D eigenvalue weighted by atomic mass is 16.5. The van der Waals surface area contributed by atoms with E-state index in [9.17, 15) is 0 Å². The standard InChI is InChI=1S/C9H10O.C2H6/c1-2-6-9-8(4-1)5-3-7-10-9;1-2/h3,5-7H,1-2,4H2;1-2H3. The topological polar surface area (TPSA) is 9.23 Å². The first kappa shape index (κ1) is 9.11. The Kier molecular flexibility index (Phi) is 3.65. The molecule has 0 saturated heterocycles. The summed E-state index contributed by atoms with van der Waals surface area (Å²) in [7, 11) is 0. The van der Waals surface area contributed by atoms with Crippen molar-refractivity contribution in [3.8, 4) is 0 Å². The summed E-state index contributed by atoms with van der Waals surface area (Å²) in [6.45, 7) is 4.00. The van der Waals surface area contributed by atoms with E-state index in [1.807, 2.05) is 19.9 Å². The molecule has 1 heterocycles. The molecule has 0 aromatic carbocycles. The molecule has 0 bridgehead atoms. The highest BCUT2D eigenvalue weighted by Crippen LogP contribution is 2.26. The average Bonchev–Trinajstić information content (AvgIpc) is 2.21. The van der Waals surface area contributed by atoms with Crippen LogP contribution in [-0.2, 0) is 4.74 Å². The SMILES string of the molecule is C1=COC2=CCCCC2=C1.CC. The predicted octanol–water partition coefficient (Wildman–Crippen LogP) is 3.55. The second-order valence-corrected chi connectivity index (χ2v) is 2.60. The van der Waals surface area contributed by atoms with Gasteiger partial charge in [0.15, 0.2) is 0 Å². The van der Waals surface area contributed by atoms with E-state index in [2.05, 4.69) is 12.2 Å². The lowest BCUT2D eigenvalue weighted by Gasteiger charge is -2.17. The number of rotatable bonds is 0. The van der Waals surface area contributed by atoms with E-state index in [-0.39, 0.29) is 0 Å². The summed E-state index contributed by atoms with van der Waals surface area (Å²) < 4.78 is 5.29. The van der Waals surface area contributed by atoms with Gasteiger partial charge in [-0.3, -0.25) is 0 Å². The Bertz CT molecular complexity index is 221. The molecule has 0 radical (unpaired) electrons. The number of hydrogen-bond acceptors (Lipinski definition) is 1. The molecule has 0 saturated carbocycles. The molecule has 2 rings (SSSR count). The fourth-order valence-corrected chi connectivity index (χ4v) is 1.34. The minimum atomic E-state index is 1.08. The van der Waals surface area contributed by atoms with Crippen LogP contribution in [0.15, 0.2) is 35.8 Å². The second-order valence-electron chi connectivity index (χ2n) is 2.60. The Morgan fingerprint density at radius 2 is 2.17 bits per heavy atom. The minimum absolute atomic E-state index is 1.08. The van der Waals surface area contributed by atoms with Gasteiger partial charge in [-0.25, -0.2) is 0 Å². The maximum Gasteiger partial charge on any atom is 0.125 e. The summed E-state index contributed by atoms with van der Waals surface area (Å²) in [5.74, 6) is 1.08. The molecule has 1 heteroatoms. The van der Waals surface area contributed by atoms with Gasteiger partial charge in [-0.15, -0.1) is 0 Å². The highest BCUT2D eigenvalue weighted by molar-refractivity contribution is 5.34. The van der Waals surface area contributed by atoms with E-state index in [0.717, 1.165) is 5.76 Å². The van der Waals surface area contributed by atoms with Crippen LogP contribution < -0.4 is 0 Å². The molecule has 0 amide bonds. The molecule has 0 fully saturated rings. The summed E-state index contributed by atoms with van der Waals surface area (Å²) in [6.07, 6.45) is 11.6. The quantitative estimate of drug-likeness (QED) is 0.532. The lowest BCUT2D eigenvalue weighted by molar-refractivity contribution is 0.345. The number of hydrogen-bond donors (Lipinski definition) is 0. The van der Waals surface area contributed by atoms with E-state index in [4.69, 9.17) is 4.74 Å². The third-order valence-corrected chi connectivity index (χ3v) is 1.87. The predicted molar refractivity (Wildman–Crippen MR) is 51.6 cm³/mol. The average molecular weight is 164 g/mol. The number of fused-ring (bicyclic) bond motifs is 1. The first-order valence-electron chi connectivity index (χ1n) is 4.70. The van der Waals surface area contributed by atoms with Crippen LogP contribution in [0.5, 0.6) is 0 Å². The van der Waals surface area contributed by atoms with Crippen molar-refractivity contribution in [1.82, 2.24) is 0 Å². The van der Waals surface area contributed by atoms with Crippen molar-refractivity contribution >= 4 is 0 Å². The van der Waals surface area contributed by atoms with Gasteiger partial charge in [0.2, 0.25) is 0 Å². The first-order chi connectivity index (χ1) is 5.97. The van der Waals surface area contributed by atoms with Gasteiger partial charge in [0.05, 0.1) is 6.26 Å². The van der Waals surface area contributed by atoms with Crippen molar-refractivity contribution in [2.75, 3.05) is 0 Å². The van der Waals surface area contributed by atoms with Crippen molar-refractivity contribution in [2.45, 2.75) is 33.1 Å². The van der Waals surface area contributed by atoms with Gasteiger partial charge in [0.1, 0.15) is 5.76 Å². The van der Waals surface area contributed by atoms with Crippen LogP contribution in [-0.4, -0.2) is 0 Å². The fourth-order valence-electron chi connectivity index (χ4n) is 1.34. The number of ether oxygens (including phenoxy) is 1. The van der Waals surface area contributed by atoms with E-state index in [1.54, 1.807) is 6.26 Å². The van der Waals surface area contributed by atoms with Crippen LogP contribution >= 0.6 is 0 Å². The molecule has 1 nitrogen and oxygen atoms in total. The zero-order valence-corrected chi connectivity index (χ0v) is 7.84. The molecule has 0 atom stereocenters. The van der Waals surface area contributed by atoms with E-state index < -0.39 is 0 Å². The van der Waals surface area contributed by atoms with Crippen LogP contribution in [0.2, 0.25) is 0 Å². The van der Waals surface area contributed by atoms with Crippen molar-refractivity contribution in [3.05, 3.63) is 35.8 Å². The summed E-state index contributed by atoms with van der Waals surface area (Å²) in [4.78, 5) is 0. The largest absolute Gasteiger partial charge is 0.465 e. The van der Waals surface area contributed by atoms with Gasteiger partial charge in [-0.1, -0.05) is 19.9 Å². The molecular formula is C11H16O. The van der Waals surface area contributed by atoms with Crippen LogP contribution in [0.3, 0.4) is 0 Å². The highest BCUT2D eigenvalue weighted by Gasteiger charge is 2.11. The van der Waals surface area contributed by atoms with E-state index in [1.165, 1.54) is 24.8 Å². The van der Waals surface area contributed by atoms with Crippen molar-refractivity contribution in [2.24, 2.45) is 0 Å². The molecule has 1 aliphatic carbocycles. The molecule has 12 heavy (non-hydrogen) atoms. The molecule has 0 N–H and O–H groups in total. The van der Waals surface area contributed by atoms with Crippen molar-refractivity contribution in [1.29, 1.82) is 0 Å². The Balaban J connectivity index is 0.000000336. The Hall–Kier alpha value is -0.980. The maximum atomic E-state index is 5.29. The molecule has 0 spiro atoms. The van der Waals surface area contributed by atoms with Gasteiger partial charge < -0.3 is 4.74 Å². The van der Waals surface area contributed by atoms with E-state index in [0.29, 0.717) is 0 Å².